The number of aliphatic carboxylic acids is 1. The van der Waals surface area contributed by atoms with Crippen LogP contribution >= 0.6 is 35.0 Å². The van der Waals surface area contributed by atoms with Gasteiger partial charge in [-0.15, -0.1) is 23.4 Å². The van der Waals surface area contributed by atoms with Gasteiger partial charge in [0.25, 0.3) is 5.69 Å². The first kappa shape index (κ1) is 19.4. The Labute approximate surface area is 175 Å². The second-order valence-corrected chi connectivity index (χ2v) is 9.16. The van der Waals surface area contributed by atoms with Crippen LogP contribution in [0.1, 0.15) is 17.9 Å². The Morgan fingerprint density at radius 2 is 2.04 bits per heavy atom. The Morgan fingerprint density at radius 3 is 2.75 bits per heavy atom. The van der Waals surface area contributed by atoms with Gasteiger partial charge in [-0.3, -0.25) is 10.1 Å². The largest absolute Gasteiger partial charge is 0.480 e. The summed E-state index contributed by atoms with van der Waals surface area (Å²) >= 11 is 14.3. The van der Waals surface area contributed by atoms with Gasteiger partial charge in [0, 0.05) is 27.9 Å². The fourth-order valence-electron chi connectivity index (χ4n) is 4.20. The van der Waals surface area contributed by atoms with Crippen LogP contribution in [0.5, 0.6) is 0 Å². The van der Waals surface area contributed by atoms with Crippen molar-refractivity contribution in [2.75, 3.05) is 5.32 Å². The van der Waals surface area contributed by atoms with E-state index < -0.39 is 16.9 Å². The number of nitrogens with one attached hydrogen (secondary N) is 1. The molecule has 5 atom stereocenters. The van der Waals surface area contributed by atoms with Gasteiger partial charge in [-0.2, -0.15) is 0 Å². The molecular weight excluding hydrogens is 423 g/mol. The molecule has 0 aromatic heterocycles. The molecule has 4 rings (SSSR count). The van der Waals surface area contributed by atoms with Crippen LogP contribution in [0.15, 0.2) is 47.4 Å². The number of halogens is 2. The lowest BCUT2D eigenvalue weighted by atomic mass is 9.79. The van der Waals surface area contributed by atoms with Crippen LogP contribution in [-0.2, 0) is 4.79 Å². The molecule has 9 heteroatoms. The summed E-state index contributed by atoms with van der Waals surface area (Å²) in [5, 5.41) is 24.2. The molecule has 0 saturated heterocycles. The van der Waals surface area contributed by atoms with E-state index in [9.17, 15) is 20.0 Å². The summed E-state index contributed by atoms with van der Waals surface area (Å²) < 4.78 is 0. The van der Waals surface area contributed by atoms with Gasteiger partial charge in [-0.1, -0.05) is 23.7 Å². The van der Waals surface area contributed by atoms with Crippen molar-refractivity contribution >= 4 is 52.3 Å². The molecule has 1 fully saturated rings. The molecule has 2 aromatic carbocycles. The van der Waals surface area contributed by atoms with E-state index in [1.165, 1.54) is 17.8 Å². The molecule has 146 valence electrons. The number of nitrogens with zero attached hydrogens (tertiary/aromatic N) is 1. The molecule has 0 bridgehead atoms. The number of rotatable bonds is 4. The van der Waals surface area contributed by atoms with Gasteiger partial charge in [0.15, 0.2) is 0 Å². The lowest BCUT2D eigenvalue weighted by Crippen LogP contribution is -2.42. The second-order valence-electron chi connectivity index (χ2n) is 6.94. The number of carboxylic acid groups (broad SMARTS) is 1. The predicted molar refractivity (Wildman–Crippen MR) is 110 cm³/mol. The highest BCUT2D eigenvalue weighted by Crippen LogP contribution is 2.55. The fourth-order valence-corrected chi connectivity index (χ4v) is 6.33. The third-order valence-corrected chi connectivity index (χ3v) is 7.73. The third kappa shape index (κ3) is 3.32. The van der Waals surface area contributed by atoms with Crippen molar-refractivity contribution in [1.29, 1.82) is 0 Å². The maximum absolute atomic E-state index is 11.9. The van der Waals surface area contributed by atoms with E-state index in [1.807, 2.05) is 6.07 Å². The predicted octanol–water partition coefficient (Wildman–Crippen LogP) is 5.00. The fraction of sp³-hybridized carbons (Fsp3) is 0.316. The van der Waals surface area contributed by atoms with Gasteiger partial charge in [0.05, 0.1) is 15.2 Å². The maximum Gasteiger partial charge on any atom is 0.326 e. The van der Waals surface area contributed by atoms with E-state index in [4.69, 9.17) is 23.2 Å². The van der Waals surface area contributed by atoms with Crippen molar-refractivity contribution < 1.29 is 14.8 Å². The number of benzene rings is 2. The molecule has 1 heterocycles. The number of nitro benzene ring substituents is 1. The van der Waals surface area contributed by atoms with E-state index in [-0.39, 0.29) is 28.2 Å². The van der Waals surface area contributed by atoms with Gasteiger partial charge in [-0.05, 0) is 42.2 Å². The van der Waals surface area contributed by atoms with Crippen LogP contribution in [0.2, 0.25) is 5.02 Å². The monoisotopic (exact) mass is 438 g/mol. The van der Waals surface area contributed by atoms with Crippen LogP contribution in [0, 0.1) is 16.0 Å². The normalized spacial score (nSPS) is 28.1. The Kier molecular flexibility index (Phi) is 5.16. The van der Waals surface area contributed by atoms with Crippen LogP contribution < -0.4 is 5.32 Å². The summed E-state index contributed by atoms with van der Waals surface area (Å²) in [5.74, 6) is -1.36. The minimum absolute atomic E-state index is 0.0302. The topological polar surface area (TPSA) is 92.5 Å². The lowest BCUT2D eigenvalue weighted by molar-refractivity contribution is -0.387. The van der Waals surface area contributed by atoms with E-state index >= 15 is 0 Å². The van der Waals surface area contributed by atoms with Crippen LogP contribution in [0.25, 0.3) is 0 Å². The van der Waals surface area contributed by atoms with Crippen molar-refractivity contribution in [3.05, 3.63) is 63.2 Å². The molecule has 2 aromatic rings. The second kappa shape index (κ2) is 7.46. The van der Waals surface area contributed by atoms with Crippen LogP contribution in [0.3, 0.4) is 0 Å². The van der Waals surface area contributed by atoms with Gasteiger partial charge < -0.3 is 10.4 Å². The first-order valence-corrected chi connectivity index (χ1v) is 10.4. The number of alkyl halides is 1. The van der Waals surface area contributed by atoms with Crippen molar-refractivity contribution in [1.82, 2.24) is 0 Å². The molecule has 1 aliphatic heterocycles. The third-order valence-electron chi connectivity index (χ3n) is 5.38. The minimum atomic E-state index is -0.934. The zero-order valence-electron chi connectivity index (χ0n) is 14.4. The average Bonchev–Trinajstić information content (AvgIpc) is 2.98. The highest BCUT2D eigenvalue weighted by molar-refractivity contribution is 8.00. The number of hydrogen-bond acceptors (Lipinski definition) is 5. The van der Waals surface area contributed by atoms with Crippen molar-refractivity contribution in [2.24, 2.45) is 5.92 Å². The number of carboxylic acids is 1. The molecule has 6 nitrogen and oxygen atoms in total. The van der Waals surface area contributed by atoms with E-state index in [0.29, 0.717) is 16.3 Å². The standard InChI is InChI=1S/C19H16Cl2N2O4S/c20-9-5-6-12-10(7-9)16-11(18(22-12)19(24)25)8-15(17(16)21)28-14-4-2-1-3-13(14)23(26)27/h1-7,11,15-18,22H,8H2,(H,24,25)/t11-,15+,16+,17-,18-/m1/s1. The van der Waals surface area contributed by atoms with E-state index in [0.717, 1.165) is 11.3 Å². The van der Waals surface area contributed by atoms with Gasteiger partial charge >= 0.3 is 5.97 Å². The summed E-state index contributed by atoms with van der Waals surface area (Å²) in [6.45, 7) is 0. The smallest absolute Gasteiger partial charge is 0.326 e. The van der Waals surface area contributed by atoms with E-state index in [2.05, 4.69) is 5.32 Å². The average molecular weight is 439 g/mol. The van der Waals surface area contributed by atoms with Crippen molar-refractivity contribution in [3.8, 4) is 0 Å². The Bertz CT molecular complexity index is 957. The molecule has 28 heavy (non-hydrogen) atoms. The quantitative estimate of drug-likeness (QED) is 0.396. The lowest BCUT2D eigenvalue weighted by Gasteiger charge is -2.35. The minimum Gasteiger partial charge on any atom is -0.480 e. The summed E-state index contributed by atoms with van der Waals surface area (Å²) in [4.78, 5) is 23.3. The van der Waals surface area contributed by atoms with Crippen LogP contribution in [0.4, 0.5) is 11.4 Å². The summed E-state index contributed by atoms with van der Waals surface area (Å²) in [5.41, 5.74) is 1.66. The summed E-state index contributed by atoms with van der Waals surface area (Å²) in [7, 11) is 0. The molecule has 2 aliphatic rings. The number of hydrogen-bond donors (Lipinski definition) is 2. The number of thioether (sulfide) groups is 1. The number of para-hydroxylation sites is 1. The molecule has 1 saturated carbocycles. The number of anilines is 1. The molecule has 0 spiro atoms. The van der Waals surface area contributed by atoms with Crippen molar-refractivity contribution in [3.63, 3.8) is 0 Å². The molecular formula is C19H16Cl2N2O4S. The van der Waals surface area contributed by atoms with Gasteiger partial charge in [-0.25, -0.2) is 4.79 Å². The number of carbonyl (C=O) groups is 1. The van der Waals surface area contributed by atoms with Gasteiger partial charge in [0.2, 0.25) is 0 Å². The Balaban J connectivity index is 1.70. The number of fused-ring (bicyclic) bond motifs is 3. The molecule has 0 unspecified atom stereocenters. The van der Waals surface area contributed by atoms with Crippen LogP contribution in [-0.4, -0.2) is 32.7 Å². The van der Waals surface area contributed by atoms with Gasteiger partial charge in [0.1, 0.15) is 6.04 Å². The highest BCUT2D eigenvalue weighted by atomic mass is 35.5. The molecule has 0 amide bonds. The molecule has 2 N–H and O–H groups in total. The van der Waals surface area contributed by atoms with Crippen molar-refractivity contribution in [2.45, 2.75) is 33.9 Å². The number of nitro groups is 1. The first-order valence-electron chi connectivity index (χ1n) is 8.69. The zero-order chi connectivity index (χ0) is 20.0. The first-order chi connectivity index (χ1) is 13.4. The summed E-state index contributed by atoms with van der Waals surface area (Å²) in [6.07, 6.45) is 0.533. The van der Waals surface area contributed by atoms with E-state index in [1.54, 1.807) is 30.3 Å². The summed E-state index contributed by atoms with van der Waals surface area (Å²) in [6, 6.07) is 11.1. The maximum atomic E-state index is 11.9. The molecule has 0 radical (unpaired) electrons. The Hall–Kier alpha value is -1.96. The molecule has 1 aliphatic carbocycles. The zero-order valence-corrected chi connectivity index (χ0v) is 16.7. The highest BCUT2D eigenvalue weighted by Gasteiger charge is 2.52. The SMILES string of the molecule is O=C(O)[C@@H]1Nc2ccc(Cl)cc2[C@@H]2[C@H](Cl)[C@@H](Sc3ccccc3[N+](=O)[O-])C[C@H]21. The Morgan fingerprint density at radius 1 is 1.29 bits per heavy atom.